The molecule has 6 nitrogen and oxygen atoms in total. The first-order chi connectivity index (χ1) is 12.9. The summed E-state index contributed by atoms with van der Waals surface area (Å²) in [5.74, 6) is -0.0165. The average Bonchev–Trinajstić information content (AvgIpc) is 3.01. The quantitative estimate of drug-likeness (QED) is 0.877. The summed E-state index contributed by atoms with van der Waals surface area (Å²) in [5.41, 5.74) is 4.26. The summed E-state index contributed by atoms with van der Waals surface area (Å²) in [6, 6.07) is 5.94. The van der Waals surface area contributed by atoms with Crippen molar-refractivity contribution in [3.05, 3.63) is 46.5 Å². The molecule has 27 heavy (non-hydrogen) atoms. The summed E-state index contributed by atoms with van der Waals surface area (Å²) in [5, 5.41) is 2.95. The third-order valence-electron chi connectivity index (χ3n) is 5.05. The van der Waals surface area contributed by atoms with E-state index in [1.165, 1.54) is 0 Å². The normalized spacial score (nSPS) is 13.2. The monoisotopic (exact) mass is 368 g/mol. The fourth-order valence-electron chi connectivity index (χ4n) is 3.78. The number of aromatic nitrogens is 2. The van der Waals surface area contributed by atoms with Crippen molar-refractivity contribution in [3.63, 3.8) is 0 Å². The molecule has 2 amide bonds. The van der Waals surface area contributed by atoms with E-state index in [9.17, 15) is 9.59 Å². The molecule has 6 heteroatoms. The van der Waals surface area contributed by atoms with Gasteiger partial charge < -0.3 is 14.8 Å². The Morgan fingerprint density at radius 2 is 1.78 bits per heavy atom. The van der Waals surface area contributed by atoms with Crippen LogP contribution in [0.1, 0.15) is 64.6 Å². The van der Waals surface area contributed by atoms with Gasteiger partial charge in [0, 0.05) is 25.3 Å². The highest BCUT2D eigenvalue weighted by Crippen LogP contribution is 2.23. The Morgan fingerprint density at radius 3 is 2.41 bits per heavy atom. The van der Waals surface area contributed by atoms with Crippen molar-refractivity contribution in [1.82, 2.24) is 14.5 Å². The fraction of sp³-hybridized carbons (Fsp3) is 0.476. The van der Waals surface area contributed by atoms with Crippen LogP contribution in [0.25, 0.3) is 0 Å². The fourth-order valence-corrected chi connectivity index (χ4v) is 3.78. The summed E-state index contributed by atoms with van der Waals surface area (Å²) in [6.07, 6.45) is 2.79. The van der Waals surface area contributed by atoms with Gasteiger partial charge in [-0.15, -0.1) is 0 Å². The second-order valence-corrected chi connectivity index (χ2v) is 7.15. The second kappa shape index (κ2) is 7.94. The number of amides is 2. The first-order valence-corrected chi connectivity index (χ1v) is 9.72. The van der Waals surface area contributed by atoms with Crippen molar-refractivity contribution in [2.24, 2.45) is 0 Å². The Labute approximate surface area is 160 Å². The number of hydrogen-bond acceptors (Lipinski definition) is 3. The molecule has 0 radical (unpaired) electrons. The Balaban J connectivity index is 1.95. The van der Waals surface area contributed by atoms with Gasteiger partial charge in [0.15, 0.2) is 5.82 Å². The molecule has 1 aliphatic heterocycles. The van der Waals surface area contributed by atoms with Crippen LogP contribution in [0.5, 0.6) is 0 Å². The molecule has 0 bridgehead atoms. The van der Waals surface area contributed by atoms with Gasteiger partial charge in [-0.05, 0) is 70.2 Å². The lowest BCUT2D eigenvalue weighted by atomic mass is 10.1. The highest BCUT2D eigenvalue weighted by Gasteiger charge is 2.29. The van der Waals surface area contributed by atoms with E-state index in [1.54, 1.807) is 4.90 Å². The molecule has 0 saturated carbocycles. The van der Waals surface area contributed by atoms with E-state index < -0.39 is 0 Å². The molecule has 0 unspecified atom stereocenters. The predicted molar refractivity (Wildman–Crippen MR) is 106 cm³/mol. The molecule has 1 N–H and O–H groups in total. The van der Waals surface area contributed by atoms with Gasteiger partial charge in [0.2, 0.25) is 0 Å². The first kappa shape index (κ1) is 19.1. The number of aryl methyl sites for hydroxylation is 2. The number of carbonyl (C=O) groups excluding carboxylic acids is 2. The molecule has 1 aliphatic rings. The Kier molecular flexibility index (Phi) is 5.63. The zero-order valence-electron chi connectivity index (χ0n) is 16.6. The van der Waals surface area contributed by atoms with Crippen LogP contribution >= 0.6 is 0 Å². The van der Waals surface area contributed by atoms with E-state index >= 15 is 0 Å². The maximum absolute atomic E-state index is 12.9. The first-order valence-electron chi connectivity index (χ1n) is 9.72. The molecular formula is C21H28N4O2. The minimum absolute atomic E-state index is 0.0869. The molecule has 0 aliphatic carbocycles. The second-order valence-electron chi connectivity index (χ2n) is 7.15. The SMILES string of the molecule is CCN(CC)C(=O)c1nc(C(=O)Nc2cc(C)cc(C)c2)n2c1CCCC2. The third-order valence-corrected chi connectivity index (χ3v) is 5.05. The van der Waals surface area contributed by atoms with Crippen LogP contribution in [-0.2, 0) is 13.0 Å². The number of benzene rings is 1. The van der Waals surface area contributed by atoms with Gasteiger partial charge in [-0.3, -0.25) is 9.59 Å². The van der Waals surface area contributed by atoms with Crippen LogP contribution in [0.3, 0.4) is 0 Å². The summed E-state index contributed by atoms with van der Waals surface area (Å²) >= 11 is 0. The number of fused-ring (bicyclic) bond motifs is 1. The number of carbonyl (C=O) groups is 2. The number of imidazole rings is 1. The van der Waals surface area contributed by atoms with Gasteiger partial charge in [-0.25, -0.2) is 4.98 Å². The van der Waals surface area contributed by atoms with Crippen molar-refractivity contribution >= 4 is 17.5 Å². The average molecular weight is 368 g/mol. The van der Waals surface area contributed by atoms with Gasteiger partial charge in [0.25, 0.3) is 11.8 Å². The molecule has 2 aromatic rings. The smallest absolute Gasteiger partial charge is 0.291 e. The molecule has 3 rings (SSSR count). The Hall–Kier alpha value is -2.63. The van der Waals surface area contributed by atoms with Crippen LogP contribution < -0.4 is 5.32 Å². The summed E-state index contributed by atoms with van der Waals surface area (Å²) in [6.45, 7) is 9.90. The van der Waals surface area contributed by atoms with Gasteiger partial charge >= 0.3 is 0 Å². The van der Waals surface area contributed by atoms with Crippen molar-refractivity contribution < 1.29 is 9.59 Å². The van der Waals surface area contributed by atoms with E-state index in [-0.39, 0.29) is 11.8 Å². The highest BCUT2D eigenvalue weighted by molar-refractivity contribution is 6.03. The van der Waals surface area contributed by atoms with Gasteiger partial charge in [-0.2, -0.15) is 0 Å². The van der Waals surface area contributed by atoms with Gasteiger partial charge in [0.1, 0.15) is 5.69 Å². The Bertz CT molecular complexity index is 845. The molecule has 0 spiro atoms. The molecule has 2 heterocycles. The molecule has 0 fully saturated rings. The molecule has 0 atom stereocenters. The summed E-state index contributed by atoms with van der Waals surface area (Å²) < 4.78 is 1.93. The van der Waals surface area contributed by atoms with E-state index in [0.717, 1.165) is 48.3 Å². The minimum Gasteiger partial charge on any atom is -0.338 e. The number of nitrogens with one attached hydrogen (secondary N) is 1. The number of anilines is 1. The van der Waals surface area contributed by atoms with Crippen LogP contribution in [0.15, 0.2) is 18.2 Å². The summed E-state index contributed by atoms with van der Waals surface area (Å²) in [4.78, 5) is 32.1. The molecule has 1 aromatic carbocycles. The molecular weight excluding hydrogens is 340 g/mol. The topological polar surface area (TPSA) is 67.2 Å². The molecule has 0 saturated heterocycles. The van der Waals surface area contributed by atoms with E-state index in [2.05, 4.69) is 16.4 Å². The van der Waals surface area contributed by atoms with Crippen LogP contribution in [0.4, 0.5) is 5.69 Å². The third kappa shape index (κ3) is 3.89. The number of rotatable bonds is 5. The zero-order chi connectivity index (χ0) is 19.6. The van der Waals surface area contributed by atoms with Crippen molar-refractivity contribution in [3.8, 4) is 0 Å². The van der Waals surface area contributed by atoms with Crippen LogP contribution in [-0.4, -0.2) is 39.4 Å². The number of hydrogen-bond donors (Lipinski definition) is 1. The lowest BCUT2D eigenvalue weighted by Crippen LogP contribution is -2.31. The highest BCUT2D eigenvalue weighted by atomic mass is 16.2. The Morgan fingerprint density at radius 1 is 1.11 bits per heavy atom. The molecule has 144 valence electrons. The van der Waals surface area contributed by atoms with E-state index in [0.29, 0.717) is 24.6 Å². The zero-order valence-corrected chi connectivity index (χ0v) is 16.6. The molecule has 1 aromatic heterocycles. The maximum Gasteiger partial charge on any atom is 0.291 e. The van der Waals surface area contributed by atoms with E-state index in [1.807, 2.05) is 44.4 Å². The summed E-state index contributed by atoms with van der Waals surface area (Å²) in [7, 11) is 0. The lowest BCUT2D eigenvalue weighted by Gasteiger charge is -2.20. The van der Waals surface area contributed by atoms with Crippen molar-refractivity contribution in [2.75, 3.05) is 18.4 Å². The van der Waals surface area contributed by atoms with Gasteiger partial charge in [-0.1, -0.05) is 6.07 Å². The van der Waals surface area contributed by atoms with Crippen molar-refractivity contribution in [1.29, 1.82) is 0 Å². The van der Waals surface area contributed by atoms with Gasteiger partial charge in [0.05, 0.1) is 5.69 Å². The maximum atomic E-state index is 12.9. The largest absolute Gasteiger partial charge is 0.338 e. The standard InChI is InChI=1S/C21H28N4O2/c1-5-24(6-2)21(27)18-17-9-7-8-10-25(17)19(23-18)20(26)22-16-12-14(3)11-15(4)13-16/h11-13H,5-10H2,1-4H3,(H,22,26). The van der Waals surface area contributed by atoms with Crippen LogP contribution in [0, 0.1) is 13.8 Å². The minimum atomic E-state index is -0.262. The lowest BCUT2D eigenvalue weighted by molar-refractivity contribution is 0.0766. The predicted octanol–water partition coefficient (Wildman–Crippen LogP) is 3.57. The number of nitrogens with zero attached hydrogens (tertiary/aromatic N) is 3. The van der Waals surface area contributed by atoms with E-state index in [4.69, 9.17) is 0 Å². The van der Waals surface area contributed by atoms with Crippen molar-refractivity contribution in [2.45, 2.75) is 53.5 Å². The van der Waals surface area contributed by atoms with Crippen LogP contribution in [0.2, 0.25) is 0 Å².